The molecule has 0 heterocycles. The molecule has 116 valence electrons. The molecule has 1 N–H and O–H groups in total. The van der Waals surface area contributed by atoms with Crippen LogP contribution in [0, 0.1) is 5.41 Å². The van der Waals surface area contributed by atoms with Crippen LogP contribution < -0.4 is 5.32 Å². The Morgan fingerprint density at radius 3 is 2.29 bits per heavy atom. The highest BCUT2D eigenvalue weighted by atomic mass is 16.5. The van der Waals surface area contributed by atoms with Crippen molar-refractivity contribution in [3.63, 3.8) is 0 Å². The van der Waals surface area contributed by atoms with E-state index in [9.17, 15) is 9.59 Å². The second-order valence-corrected chi connectivity index (χ2v) is 5.56. The number of hydrogen-bond donors (Lipinski definition) is 1. The summed E-state index contributed by atoms with van der Waals surface area (Å²) in [6.07, 6.45) is 0.954. The van der Waals surface area contributed by atoms with Gasteiger partial charge < -0.3 is 10.1 Å². The van der Waals surface area contributed by atoms with Gasteiger partial charge in [0.1, 0.15) is 6.61 Å². The van der Waals surface area contributed by atoms with Gasteiger partial charge in [-0.25, -0.2) is 4.79 Å². The molecule has 0 bridgehead atoms. The van der Waals surface area contributed by atoms with Crippen LogP contribution in [0.1, 0.15) is 46.1 Å². The third-order valence-electron chi connectivity index (χ3n) is 4.10. The second kappa shape index (κ2) is 7.81. The van der Waals surface area contributed by atoms with E-state index >= 15 is 0 Å². The highest BCUT2D eigenvalue weighted by Crippen LogP contribution is 2.27. The summed E-state index contributed by atoms with van der Waals surface area (Å²) in [6, 6.07) is 8.90. The number of hydrogen-bond acceptors (Lipinski definition) is 3. The van der Waals surface area contributed by atoms with Crippen LogP contribution in [0.15, 0.2) is 30.3 Å². The Balaban J connectivity index is 2.49. The molecule has 0 spiro atoms. The van der Waals surface area contributed by atoms with Crippen LogP contribution in [0.5, 0.6) is 0 Å². The number of ketones is 1. The molecule has 0 aromatic heterocycles. The van der Waals surface area contributed by atoms with E-state index in [4.69, 9.17) is 4.74 Å². The third-order valence-corrected chi connectivity index (χ3v) is 4.10. The smallest absolute Gasteiger partial charge is 0.408 e. The lowest BCUT2D eigenvalue weighted by molar-refractivity contribution is -0.130. The molecule has 4 nitrogen and oxygen atoms in total. The Bertz CT molecular complexity index is 466. The first kappa shape index (κ1) is 17.2. The number of rotatable bonds is 7. The molecule has 21 heavy (non-hydrogen) atoms. The average Bonchev–Trinajstić information content (AvgIpc) is 2.52. The van der Waals surface area contributed by atoms with Gasteiger partial charge in [-0.1, -0.05) is 51.1 Å². The van der Waals surface area contributed by atoms with Gasteiger partial charge in [-0.05, 0) is 25.3 Å². The van der Waals surface area contributed by atoms with Gasteiger partial charge in [-0.2, -0.15) is 0 Å². The van der Waals surface area contributed by atoms with Crippen molar-refractivity contribution in [3.8, 4) is 0 Å². The van der Waals surface area contributed by atoms with Crippen LogP contribution in [0.2, 0.25) is 0 Å². The van der Waals surface area contributed by atoms with Crippen molar-refractivity contribution in [2.75, 3.05) is 0 Å². The zero-order valence-electron chi connectivity index (χ0n) is 13.3. The van der Waals surface area contributed by atoms with Gasteiger partial charge in [0.2, 0.25) is 0 Å². The number of benzene rings is 1. The minimum Gasteiger partial charge on any atom is -0.445 e. The maximum absolute atomic E-state index is 12.4. The number of carbonyl (C=O) groups is 2. The molecule has 1 aromatic carbocycles. The molecule has 4 heteroatoms. The van der Waals surface area contributed by atoms with Crippen LogP contribution in [0.25, 0.3) is 0 Å². The van der Waals surface area contributed by atoms with Crippen molar-refractivity contribution in [3.05, 3.63) is 35.9 Å². The minimum atomic E-state index is -0.561. The summed E-state index contributed by atoms with van der Waals surface area (Å²) >= 11 is 0. The molecule has 1 unspecified atom stereocenters. The second-order valence-electron chi connectivity index (χ2n) is 5.56. The Labute approximate surface area is 126 Å². The van der Waals surface area contributed by atoms with Crippen LogP contribution in [0.3, 0.4) is 0 Å². The molecular weight excluding hydrogens is 266 g/mol. The predicted molar refractivity (Wildman–Crippen MR) is 82.9 cm³/mol. The standard InChI is InChI=1S/C17H25NO3/c1-5-17(4,6-2)15(19)13(3)18-16(20)21-12-14-10-8-7-9-11-14/h7-11,13H,5-6,12H2,1-4H3,(H,18,20). The number of carbonyl (C=O) groups excluding carboxylic acids is 2. The zero-order chi connectivity index (χ0) is 15.9. The van der Waals surface area contributed by atoms with Crippen LogP contribution in [-0.2, 0) is 16.1 Å². The van der Waals surface area contributed by atoms with Gasteiger partial charge in [0.25, 0.3) is 0 Å². The lowest BCUT2D eigenvalue weighted by atomic mass is 9.78. The van der Waals surface area contributed by atoms with Crippen molar-refractivity contribution < 1.29 is 14.3 Å². The van der Waals surface area contributed by atoms with Gasteiger partial charge in [0.15, 0.2) is 5.78 Å². The molecule has 0 saturated heterocycles. The predicted octanol–water partition coefficient (Wildman–Crippen LogP) is 3.70. The monoisotopic (exact) mass is 291 g/mol. The summed E-state index contributed by atoms with van der Waals surface area (Å²) in [6.45, 7) is 7.81. The van der Waals surface area contributed by atoms with Gasteiger partial charge in [0, 0.05) is 5.41 Å². The lowest BCUT2D eigenvalue weighted by Gasteiger charge is -2.28. The normalized spacial score (nSPS) is 12.6. The first-order chi connectivity index (χ1) is 9.92. The number of nitrogens with one attached hydrogen (secondary N) is 1. The van der Waals surface area contributed by atoms with Gasteiger partial charge in [-0.15, -0.1) is 0 Å². The average molecular weight is 291 g/mol. The molecule has 1 atom stereocenters. The summed E-state index contributed by atoms with van der Waals surface area (Å²) in [5, 5.41) is 2.61. The van der Waals surface area contributed by atoms with E-state index in [1.165, 1.54) is 0 Å². The largest absolute Gasteiger partial charge is 0.445 e. The van der Waals surface area contributed by atoms with Gasteiger partial charge in [-0.3, -0.25) is 4.79 Å². The van der Waals surface area contributed by atoms with E-state index in [1.54, 1.807) is 6.92 Å². The van der Waals surface area contributed by atoms with Crippen molar-refractivity contribution >= 4 is 11.9 Å². The summed E-state index contributed by atoms with van der Waals surface area (Å²) < 4.78 is 5.13. The first-order valence-corrected chi connectivity index (χ1v) is 7.44. The molecule has 0 radical (unpaired) electrons. The van der Waals surface area contributed by atoms with Crippen molar-refractivity contribution in [1.82, 2.24) is 5.32 Å². The van der Waals surface area contributed by atoms with E-state index < -0.39 is 17.6 Å². The maximum Gasteiger partial charge on any atom is 0.408 e. The lowest BCUT2D eigenvalue weighted by Crippen LogP contribution is -2.45. The fraction of sp³-hybridized carbons (Fsp3) is 0.529. The summed E-state index contributed by atoms with van der Waals surface area (Å²) in [4.78, 5) is 24.1. The molecule has 1 aromatic rings. The van der Waals surface area contributed by atoms with Crippen LogP contribution in [-0.4, -0.2) is 17.9 Å². The van der Waals surface area contributed by atoms with Gasteiger partial charge in [0.05, 0.1) is 6.04 Å². The van der Waals surface area contributed by atoms with E-state index in [1.807, 2.05) is 51.1 Å². The Morgan fingerprint density at radius 1 is 1.19 bits per heavy atom. The van der Waals surface area contributed by atoms with E-state index in [0.29, 0.717) is 0 Å². The summed E-state index contributed by atoms with van der Waals surface area (Å²) in [7, 11) is 0. The SMILES string of the molecule is CCC(C)(CC)C(=O)C(C)NC(=O)OCc1ccccc1. The van der Waals surface area contributed by atoms with Gasteiger partial charge >= 0.3 is 6.09 Å². The van der Waals surface area contributed by atoms with Crippen molar-refractivity contribution in [1.29, 1.82) is 0 Å². The van der Waals surface area contributed by atoms with Crippen molar-refractivity contribution in [2.45, 2.75) is 53.2 Å². The highest BCUT2D eigenvalue weighted by Gasteiger charge is 2.33. The molecule has 0 saturated carbocycles. The number of alkyl carbamates (subject to hydrolysis) is 1. The Morgan fingerprint density at radius 2 is 1.76 bits per heavy atom. The minimum absolute atomic E-state index is 0.0455. The quantitative estimate of drug-likeness (QED) is 0.833. The molecular formula is C17H25NO3. The van der Waals surface area contributed by atoms with Crippen LogP contribution >= 0.6 is 0 Å². The molecule has 0 aliphatic heterocycles. The number of amides is 1. The number of ether oxygens (including phenoxy) is 1. The fourth-order valence-electron chi connectivity index (χ4n) is 2.13. The van der Waals surface area contributed by atoms with E-state index in [0.717, 1.165) is 18.4 Å². The topological polar surface area (TPSA) is 55.4 Å². The molecule has 1 amide bonds. The maximum atomic E-state index is 12.4. The zero-order valence-corrected chi connectivity index (χ0v) is 13.3. The Kier molecular flexibility index (Phi) is 6.40. The third kappa shape index (κ3) is 4.88. The summed E-state index contributed by atoms with van der Waals surface area (Å²) in [5.74, 6) is 0.0455. The van der Waals surface area contributed by atoms with Crippen molar-refractivity contribution in [2.24, 2.45) is 5.41 Å². The highest BCUT2D eigenvalue weighted by molar-refractivity contribution is 5.91. The fourth-order valence-corrected chi connectivity index (χ4v) is 2.13. The Hall–Kier alpha value is -1.84. The van der Waals surface area contributed by atoms with Crippen LogP contribution in [0.4, 0.5) is 4.79 Å². The first-order valence-electron chi connectivity index (χ1n) is 7.44. The summed E-state index contributed by atoms with van der Waals surface area (Å²) in [5.41, 5.74) is 0.519. The van der Waals surface area contributed by atoms with E-state index in [-0.39, 0.29) is 12.4 Å². The molecule has 0 aliphatic rings. The number of Topliss-reactive ketones (excluding diaryl/α,β-unsaturated/α-hetero) is 1. The van der Waals surface area contributed by atoms with E-state index in [2.05, 4.69) is 5.32 Å². The molecule has 0 fully saturated rings. The molecule has 0 aliphatic carbocycles. The molecule has 1 rings (SSSR count).